The zero-order valence-corrected chi connectivity index (χ0v) is 24.5. The molecule has 0 unspecified atom stereocenters. The Bertz CT molecular complexity index is 2160. The number of allylic oxidation sites excluding steroid dienone is 3. The summed E-state index contributed by atoms with van der Waals surface area (Å²) in [4.78, 5) is 4.41. The Morgan fingerprint density at radius 3 is 1.91 bits per heavy atom. The lowest BCUT2D eigenvalue weighted by atomic mass is 9.83. The van der Waals surface area contributed by atoms with Gasteiger partial charge in [0.05, 0.1) is 0 Å². The van der Waals surface area contributed by atoms with E-state index in [0.29, 0.717) is 0 Å². The van der Waals surface area contributed by atoms with Gasteiger partial charge in [-0.15, -0.1) is 0 Å². The summed E-state index contributed by atoms with van der Waals surface area (Å²) in [5, 5.41) is 8.34. The fourth-order valence-corrected chi connectivity index (χ4v) is 6.73. The van der Waals surface area contributed by atoms with Gasteiger partial charge in [0.1, 0.15) is 0 Å². The number of hydrogen-bond acceptors (Lipinski definition) is 2. The summed E-state index contributed by atoms with van der Waals surface area (Å²) in [6, 6.07) is 44.8. The van der Waals surface area contributed by atoms with E-state index in [-0.39, 0.29) is 0 Å². The number of rotatable bonds is 5. The largest absolute Gasteiger partial charge is 0.387 e. The second kappa shape index (κ2) is 11.3. The number of benzene rings is 6. The maximum absolute atomic E-state index is 4.41. The Balaban J connectivity index is 1.43. The number of dihydropyridines is 2. The van der Waals surface area contributed by atoms with Crippen molar-refractivity contribution in [2.75, 3.05) is 13.1 Å². The van der Waals surface area contributed by atoms with Crippen LogP contribution >= 0.6 is 0 Å². The molecule has 0 amide bonds. The standard InChI is InChI=1S/C42H32N2/c1-2-8-29(9-3-1)34-16-17-39-40(28-34)42(36-13-7-11-33(27-36)31-20-24-44-25-21-31)38-15-5-4-14-37(38)41(39)35-12-6-10-32(26-35)30-18-22-43-23-19-30/h1-18,20-22,24,26-28,44H,19,23,25H2. The van der Waals surface area contributed by atoms with Gasteiger partial charge in [0.15, 0.2) is 0 Å². The Hall–Kier alpha value is -5.47. The number of fused-ring (bicyclic) bond motifs is 2. The molecule has 1 N–H and O–H groups in total. The van der Waals surface area contributed by atoms with Crippen LogP contribution in [0.2, 0.25) is 0 Å². The third-order valence-corrected chi connectivity index (χ3v) is 8.85. The minimum absolute atomic E-state index is 0.847. The molecule has 0 bridgehead atoms. The van der Waals surface area contributed by atoms with Gasteiger partial charge in [-0.05, 0) is 120 Å². The van der Waals surface area contributed by atoms with Crippen LogP contribution in [0.1, 0.15) is 17.5 Å². The lowest BCUT2D eigenvalue weighted by molar-refractivity contribution is 0.976. The van der Waals surface area contributed by atoms with Crippen LogP contribution in [-0.4, -0.2) is 19.3 Å². The smallest absolute Gasteiger partial charge is 0.0429 e. The molecule has 0 spiro atoms. The van der Waals surface area contributed by atoms with Crippen LogP contribution in [0.4, 0.5) is 0 Å². The molecule has 2 heteroatoms. The van der Waals surface area contributed by atoms with E-state index in [1.807, 2.05) is 12.4 Å². The molecule has 0 radical (unpaired) electrons. The molecule has 0 saturated carbocycles. The van der Waals surface area contributed by atoms with Crippen molar-refractivity contribution in [3.8, 4) is 33.4 Å². The van der Waals surface area contributed by atoms with Gasteiger partial charge < -0.3 is 5.32 Å². The van der Waals surface area contributed by atoms with E-state index in [9.17, 15) is 0 Å². The summed E-state index contributed by atoms with van der Waals surface area (Å²) in [5.41, 5.74) is 12.6. The molecule has 0 aliphatic carbocycles. The van der Waals surface area contributed by atoms with Gasteiger partial charge in [0, 0.05) is 19.3 Å². The summed E-state index contributed by atoms with van der Waals surface area (Å²) in [7, 11) is 0. The van der Waals surface area contributed by atoms with Gasteiger partial charge in [-0.1, -0.05) is 109 Å². The van der Waals surface area contributed by atoms with Crippen molar-refractivity contribution in [3.05, 3.63) is 157 Å². The first kappa shape index (κ1) is 26.2. The summed E-state index contributed by atoms with van der Waals surface area (Å²) in [6.07, 6.45) is 11.5. The molecule has 2 aliphatic heterocycles. The van der Waals surface area contributed by atoms with E-state index in [1.54, 1.807) is 0 Å². The van der Waals surface area contributed by atoms with Gasteiger partial charge in [-0.2, -0.15) is 0 Å². The van der Waals surface area contributed by atoms with E-state index < -0.39 is 0 Å². The summed E-state index contributed by atoms with van der Waals surface area (Å²) >= 11 is 0. The molecule has 2 nitrogen and oxygen atoms in total. The van der Waals surface area contributed by atoms with Crippen LogP contribution in [0, 0.1) is 0 Å². The second-order valence-electron chi connectivity index (χ2n) is 11.5. The molecule has 0 fully saturated rings. The van der Waals surface area contributed by atoms with Gasteiger partial charge in [0.25, 0.3) is 0 Å². The van der Waals surface area contributed by atoms with Gasteiger partial charge in [-0.3, -0.25) is 4.99 Å². The van der Waals surface area contributed by atoms with Gasteiger partial charge in [0.2, 0.25) is 0 Å². The van der Waals surface area contributed by atoms with Crippen molar-refractivity contribution in [2.24, 2.45) is 4.99 Å². The molecule has 0 saturated heterocycles. The zero-order valence-electron chi connectivity index (χ0n) is 24.5. The maximum Gasteiger partial charge on any atom is 0.0429 e. The molecular formula is C42H32N2. The SMILES string of the molecule is C1=CC(c2cccc(-c3c4ccccc4c(-c4cccc(C5=CC=NCC5)c4)c4ccc(-c5ccccc5)cc34)c2)=CCN1. The Labute approximate surface area is 258 Å². The normalized spacial score (nSPS) is 14.4. The molecule has 0 atom stereocenters. The predicted molar refractivity (Wildman–Crippen MR) is 189 cm³/mol. The molecular weight excluding hydrogens is 532 g/mol. The number of nitrogens with one attached hydrogen (secondary N) is 1. The molecule has 0 aromatic heterocycles. The average molecular weight is 565 g/mol. The quantitative estimate of drug-likeness (QED) is 0.207. The summed E-state index contributed by atoms with van der Waals surface area (Å²) < 4.78 is 0. The zero-order chi connectivity index (χ0) is 29.3. The van der Waals surface area contributed by atoms with Crippen LogP contribution in [-0.2, 0) is 0 Å². The van der Waals surface area contributed by atoms with Crippen LogP contribution < -0.4 is 5.32 Å². The highest BCUT2D eigenvalue weighted by atomic mass is 14.8. The third-order valence-electron chi connectivity index (χ3n) is 8.85. The maximum atomic E-state index is 4.41. The van der Waals surface area contributed by atoms with Crippen LogP contribution in [0.25, 0.3) is 66.1 Å². The highest BCUT2D eigenvalue weighted by molar-refractivity contribution is 6.22. The molecule has 2 heterocycles. The monoisotopic (exact) mass is 564 g/mol. The lowest BCUT2D eigenvalue weighted by Gasteiger charge is -2.20. The first-order valence-electron chi connectivity index (χ1n) is 15.4. The third kappa shape index (κ3) is 4.75. The Morgan fingerprint density at radius 2 is 1.18 bits per heavy atom. The number of aliphatic imine (C=N–C) groups is 1. The fraction of sp³-hybridized carbons (Fsp3) is 0.0714. The van der Waals surface area contributed by atoms with Crippen molar-refractivity contribution in [1.82, 2.24) is 5.32 Å². The molecule has 2 aliphatic rings. The van der Waals surface area contributed by atoms with Crippen molar-refractivity contribution < 1.29 is 0 Å². The van der Waals surface area contributed by atoms with Crippen molar-refractivity contribution in [2.45, 2.75) is 6.42 Å². The highest BCUT2D eigenvalue weighted by Crippen LogP contribution is 2.45. The summed E-state index contributed by atoms with van der Waals surface area (Å²) in [6.45, 7) is 1.70. The number of nitrogens with zero attached hydrogens (tertiary/aromatic N) is 1. The highest BCUT2D eigenvalue weighted by Gasteiger charge is 2.19. The predicted octanol–water partition coefficient (Wildman–Crippen LogP) is 10.4. The lowest BCUT2D eigenvalue weighted by Crippen LogP contribution is -2.08. The Morgan fingerprint density at radius 1 is 0.523 bits per heavy atom. The first-order chi connectivity index (χ1) is 21.8. The topological polar surface area (TPSA) is 24.4 Å². The Kier molecular flexibility index (Phi) is 6.73. The van der Waals surface area contributed by atoms with E-state index in [0.717, 1.165) is 19.5 Å². The van der Waals surface area contributed by atoms with Crippen molar-refractivity contribution in [3.63, 3.8) is 0 Å². The second-order valence-corrected chi connectivity index (χ2v) is 11.5. The first-order valence-corrected chi connectivity index (χ1v) is 15.4. The molecule has 210 valence electrons. The van der Waals surface area contributed by atoms with Gasteiger partial charge in [-0.25, -0.2) is 0 Å². The number of hydrogen-bond donors (Lipinski definition) is 1. The summed E-state index contributed by atoms with van der Waals surface area (Å²) in [5.74, 6) is 0. The molecule has 44 heavy (non-hydrogen) atoms. The van der Waals surface area contributed by atoms with Crippen LogP contribution in [0.3, 0.4) is 0 Å². The average Bonchev–Trinajstić information content (AvgIpc) is 3.11. The van der Waals surface area contributed by atoms with E-state index in [1.165, 1.54) is 77.2 Å². The fourth-order valence-electron chi connectivity index (χ4n) is 6.73. The molecule has 6 aromatic carbocycles. The van der Waals surface area contributed by atoms with Crippen molar-refractivity contribution in [1.29, 1.82) is 0 Å². The van der Waals surface area contributed by atoms with Crippen LogP contribution in [0.5, 0.6) is 0 Å². The molecule has 8 rings (SSSR count). The van der Waals surface area contributed by atoms with Crippen LogP contribution in [0.15, 0.2) is 151 Å². The minimum Gasteiger partial charge on any atom is -0.387 e. The van der Waals surface area contributed by atoms with Gasteiger partial charge >= 0.3 is 0 Å². The van der Waals surface area contributed by atoms with E-state index >= 15 is 0 Å². The minimum atomic E-state index is 0.847. The van der Waals surface area contributed by atoms with E-state index in [2.05, 4.69) is 150 Å². The molecule has 6 aromatic rings. The van der Waals surface area contributed by atoms with E-state index in [4.69, 9.17) is 0 Å². The van der Waals surface area contributed by atoms with Crippen molar-refractivity contribution >= 4 is 38.9 Å².